The van der Waals surface area contributed by atoms with E-state index in [4.69, 9.17) is 4.74 Å². The summed E-state index contributed by atoms with van der Waals surface area (Å²) in [5, 5.41) is 23.4. The summed E-state index contributed by atoms with van der Waals surface area (Å²) in [4.78, 5) is 24.6. The Bertz CT molecular complexity index is 1230. The minimum atomic E-state index is -0.662. The van der Waals surface area contributed by atoms with Gasteiger partial charge in [-0.1, -0.05) is 366 Å². The standard InChI is InChI=1S/C73H141NO5/c1-3-5-7-9-11-13-15-17-19-20-32-35-38-41-45-49-53-57-61-65-71(76)70(69-75)74-72(77)66-62-58-54-50-46-42-39-36-33-30-28-26-24-22-21-23-25-27-29-31-34-37-40-44-48-52-56-60-64-68-79-73(78)67-63-59-55-51-47-43-18-16-14-12-10-8-6-4-2/h10,12,16,18,70-71,75-76H,3-9,11,13-15,17,19-69H2,1-2H3,(H,74,77)/b12-10-,18-16-. The highest BCUT2D eigenvalue weighted by Gasteiger charge is 2.20. The third-order valence-electron chi connectivity index (χ3n) is 17.0. The summed E-state index contributed by atoms with van der Waals surface area (Å²) in [6.07, 6.45) is 86.6. The molecule has 2 atom stereocenters. The molecule has 1 amide bonds. The van der Waals surface area contributed by atoms with Crippen LogP contribution in [0.3, 0.4) is 0 Å². The van der Waals surface area contributed by atoms with Crippen LogP contribution in [0.2, 0.25) is 0 Å². The molecular formula is C73H141NO5. The summed E-state index contributed by atoms with van der Waals surface area (Å²) in [5.41, 5.74) is 0. The summed E-state index contributed by atoms with van der Waals surface area (Å²) < 4.78 is 5.48. The van der Waals surface area contributed by atoms with Crippen LogP contribution in [0.4, 0.5) is 0 Å². The zero-order valence-corrected chi connectivity index (χ0v) is 53.6. The van der Waals surface area contributed by atoms with Crippen LogP contribution in [-0.4, -0.2) is 47.4 Å². The number of carbonyl (C=O) groups excluding carboxylic acids is 2. The second-order valence-corrected chi connectivity index (χ2v) is 24.9. The van der Waals surface area contributed by atoms with Crippen LogP contribution < -0.4 is 5.32 Å². The molecule has 0 rings (SSSR count). The van der Waals surface area contributed by atoms with Crippen LogP contribution in [0.15, 0.2) is 24.3 Å². The fourth-order valence-corrected chi connectivity index (χ4v) is 11.5. The van der Waals surface area contributed by atoms with Crippen molar-refractivity contribution < 1.29 is 24.5 Å². The van der Waals surface area contributed by atoms with Crippen molar-refractivity contribution in [3.8, 4) is 0 Å². The predicted molar refractivity (Wildman–Crippen MR) is 347 cm³/mol. The van der Waals surface area contributed by atoms with Crippen LogP contribution in [0.5, 0.6) is 0 Å². The van der Waals surface area contributed by atoms with E-state index in [-0.39, 0.29) is 18.5 Å². The number of ether oxygens (including phenoxy) is 1. The van der Waals surface area contributed by atoms with Crippen molar-refractivity contribution in [3.05, 3.63) is 24.3 Å². The van der Waals surface area contributed by atoms with Gasteiger partial charge in [-0.25, -0.2) is 0 Å². The number of nitrogens with one attached hydrogen (secondary N) is 1. The molecule has 6 heteroatoms. The number of hydrogen-bond acceptors (Lipinski definition) is 5. The fourth-order valence-electron chi connectivity index (χ4n) is 11.5. The van der Waals surface area contributed by atoms with Gasteiger partial charge in [-0.05, 0) is 51.4 Å². The molecule has 0 aromatic rings. The first-order valence-corrected chi connectivity index (χ1v) is 36.1. The monoisotopic (exact) mass is 1110 g/mol. The zero-order valence-electron chi connectivity index (χ0n) is 53.6. The number of allylic oxidation sites excluding steroid dienone is 4. The average Bonchev–Trinajstić information content (AvgIpc) is 3.45. The van der Waals surface area contributed by atoms with Crippen LogP contribution >= 0.6 is 0 Å². The van der Waals surface area contributed by atoms with Gasteiger partial charge in [0.25, 0.3) is 0 Å². The van der Waals surface area contributed by atoms with E-state index in [0.29, 0.717) is 25.9 Å². The second kappa shape index (κ2) is 68.8. The van der Waals surface area contributed by atoms with Crippen LogP contribution in [0.25, 0.3) is 0 Å². The summed E-state index contributed by atoms with van der Waals surface area (Å²) >= 11 is 0. The molecule has 0 aliphatic carbocycles. The topological polar surface area (TPSA) is 95.9 Å². The van der Waals surface area contributed by atoms with E-state index in [0.717, 1.165) is 51.4 Å². The van der Waals surface area contributed by atoms with Gasteiger partial charge in [0, 0.05) is 12.8 Å². The van der Waals surface area contributed by atoms with Gasteiger partial charge < -0.3 is 20.3 Å². The molecule has 0 fully saturated rings. The van der Waals surface area contributed by atoms with E-state index < -0.39 is 12.1 Å². The second-order valence-electron chi connectivity index (χ2n) is 24.9. The van der Waals surface area contributed by atoms with Crippen LogP contribution in [0, 0.1) is 0 Å². The van der Waals surface area contributed by atoms with Crippen molar-refractivity contribution in [1.82, 2.24) is 5.32 Å². The zero-order chi connectivity index (χ0) is 57.1. The highest BCUT2D eigenvalue weighted by Crippen LogP contribution is 2.19. The van der Waals surface area contributed by atoms with Crippen LogP contribution in [0.1, 0.15) is 406 Å². The van der Waals surface area contributed by atoms with Gasteiger partial charge in [0.05, 0.1) is 25.4 Å². The molecule has 0 saturated carbocycles. The molecular weight excluding hydrogens is 971 g/mol. The number of amides is 1. The minimum Gasteiger partial charge on any atom is -0.466 e. The molecule has 0 heterocycles. The molecule has 0 spiro atoms. The Morgan fingerprint density at radius 2 is 0.646 bits per heavy atom. The number of carbonyl (C=O) groups is 2. The van der Waals surface area contributed by atoms with Gasteiger partial charge in [0.1, 0.15) is 0 Å². The third kappa shape index (κ3) is 65.4. The molecule has 6 nitrogen and oxygen atoms in total. The normalized spacial score (nSPS) is 12.6. The maximum absolute atomic E-state index is 12.5. The molecule has 468 valence electrons. The van der Waals surface area contributed by atoms with E-state index >= 15 is 0 Å². The van der Waals surface area contributed by atoms with Gasteiger partial charge in [-0.2, -0.15) is 0 Å². The quantitative estimate of drug-likeness (QED) is 0.0320. The summed E-state index contributed by atoms with van der Waals surface area (Å²) in [7, 11) is 0. The van der Waals surface area contributed by atoms with Gasteiger partial charge >= 0.3 is 5.97 Å². The highest BCUT2D eigenvalue weighted by atomic mass is 16.5. The third-order valence-corrected chi connectivity index (χ3v) is 17.0. The number of aliphatic hydroxyl groups is 2. The van der Waals surface area contributed by atoms with E-state index in [1.165, 1.54) is 321 Å². The Balaban J connectivity index is 3.34. The molecule has 2 unspecified atom stereocenters. The van der Waals surface area contributed by atoms with Crippen molar-refractivity contribution in [2.45, 2.75) is 418 Å². The lowest BCUT2D eigenvalue weighted by Gasteiger charge is -2.22. The van der Waals surface area contributed by atoms with E-state index in [1.807, 2.05) is 0 Å². The summed E-state index contributed by atoms with van der Waals surface area (Å²) in [6, 6.07) is -0.539. The molecule has 0 aliphatic heterocycles. The number of hydrogen-bond donors (Lipinski definition) is 3. The van der Waals surface area contributed by atoms with E-state index in [1.54, 1.807) is 0 Å². The molecule has 0 aromatic carbocycles. The molecule has 3 N–H and O–H groups in total. The van der Waals surface area contributed by atoms with Gasteiger partial charge in [0.2, 0.25) is 5.91 Å². The molecule has 0 saturated heterocycles. The predicted octanol–water partition coefficient (Wildman–Crippen LogP) is 23.3. The van der Waals surface area contributed by atoms with E-state index in [2.05, 4.69) is 43.5 Å². The smallest absolute Gasteiger partial charge is 0.305 e. The molecule has 0 bridgehead atoms. The number of aliphatic hydroxyl groups excluding tert-OH is 2. The Kier molecular flexibility index (Phi) is 67.4. The SMILES string of the molecule is CCCC/C=C\C/C=C\CCCCCCCC(=O)OCCCCCCCCCCCCCCCCCCCCCCCCCCCCCCCC(=O)NC(CO)C(O)CCCCCCCCCCCCCCCCCCCCC. The summed E-state index contributed by atoms with van der Waals surface area (Å²) in [6.45, 7) is 4.95. The first-order valence-electron chi connectivity index (χ1n) is 36.1. The lowest BCUT2D eigenvalue weighted by Crippen LogP contribution is -2.45. The van der Waals surface area contributed by atoms with E-state index in [9.17, 15) is 19.8 Å². The highest BCUT2D eigenvalue weighted by molar-refractivity contribution is 5.76. The number of unbranched alkanes of at least 4 members (excludes halogenated alkanes) is 53. The number of esters is 1. The lowest BCUT2D eigenvalue weighted by molar-refractivity contribution is -0.143. The van der Waals surface area contributed by atoms with Gasteiger partial charge in [-0.3, -0.25) is 9.59 Å². The Morgan fingerprint density at radius 1 is 0.354 bits per heavy atom. The Hall–Kier alpha value is -1.66. The Morgan fingerprint density at radius 3 is 1.00 bits per heavy atom. The molecule has 0 radical (unpaired) electrons. The van der Waals surface area contributed by atoms with Crippen molar-refractivity contribution >= 4 is 11.9 Å². The largest absolute Gasteiger partial charge is 0.466 e. The van der Waals surface area contributed by atoms with Gasteiger partial charge in [-0.15, -0.1) is 0 Å². The first kappa shape index (κ1) is 77.3. The first-order chi connectivity index (χ1) is 39.0. The average molecular weight is 1110 g/mol. The minimum absolute atomic E-state index is 0.00551. The number of rotatable bonds is 68. The van der Waals surface area contributed by atoms with Crippen molar-refractivity contribution in [2.24, 2.45) is 0 Å². The lowest BCUT2D eigenvalue weighted by atomic mass is 10.0. The van der Waals surface area contributed by atoms with Crippen molar-refractivity contribution in [3.63, 3.8) is 0 Å². The maximum atomic E-state index is 12.5. The Labute approximate surface area is 494 Å². The molecule has 0 aliphatic rings. The summed E-state index contributed by atoms with van der Waals surface area (Å²) in [5.74, 6) is -0.0217. The van der Waals surface area contributed by atoms with Crippen molar-refractivity contribution in [2.75, 3.05) is 13.2 Å². The molecule has 79 heavy (non-hydrogen) atoms. The van der Waals surface area contributed by atoms with Crippen molar-refractivity contribution in [1.29, 1.82) is 0 Å². The van der Waals surface area contributed by atoms with Crippen LogP contribution in [-0.2, 0) is 14.3 Å². The maximum Gasteiger partial charge on any atom is 0.305 e. The molecule has 0 aromatic heterocycles. The van der Waals surface area contributed by atoms with Gasteiger partial charge in [0.15, 0.2) is 0 Å². The fraction of sp³-hybridized carbons (Fsp3) is 0.918.